The molecule has 1 aliphatic rings. The van der Waals surface area contributed by atoms with Crippen molar-refractivity contribution < 1.29 is 9.53 Å². The Labute approximate surface area is 104 Å². The molecule has 0 aromatic carbocycles. The van der Waals surface area contributed by atoms with E-state index in [4.69, 9.17) is 5.26 Å². The zero-order chi connectivity index (χ0) is 13.1. The highest BCUT2D eigenvalue weighted by Crippen LogP contribution is 2.16. The molecule has 4 nitrogen and oxygen atoms in total. The number of piperidine rings is 1. The molecule has 17 heavy (non-hydrogen) atoms. The van der Waals surface area contributed by atoms with Crippen LogP contribution in [-0.4, -0.2) is 25.2 Å². The van der Waals surface area contributed by atoms with Gasteiger partial charge in [0.05, 0.1) is 6.07 Å². The Morgan fingerprint density at radius 1 is 1.41 bits per heavy atom. The van der Waals surface area contributed by atoms with E-state index in [1.165, 1.54) is 12.8 Å². The first-order valence-corrected chi connectivity index (χ1v) is 6.18. The normalized spacial score (nSPS) is 16.4. The summed E-state index contributed by atoms with van der Waals surface area (Å²) in [5.41, 5.74) is -0.318. The summed E-state index contributed by atoms with van der Waals surface area (Å²) in [5.74, 6) is 0.820. The van der Waals surface area contributed by atoms with Crippen LogP contribution in [0.25, 0.3) is 0 Å². The van der Waals surface area contributed by atoms with Gasteiger partial charge in [-0.3, -0.25) is 4.79 Å². The third-order valence-corrected chi connectivity index (χ3v) is 2.52. The lowest BCUT2D eigenvalue weighted by molar-refractivity contribution is -0.138. The average molecular weight is 240 g/mol. The Kier molecular flexibility index (Phi) is 8.43. The second kappa shape index (κ2) is 9.00. The first kappa shape index (κ1) is 15.9. The van der Waals surface area contributed by atoms with Crippen molar-refractivity contribution in [3.05, 3.63) is 0 Å². The minimum absolute atomic E-state index is 0.318. The Hall–Kier alpha value is -1.08. The molecule has 0 aromatic heterocycles. The van der Waals surface area contributed by atoms with Crippen LogP contribution in [0.4, 0.5) is 0 Å². The number of carbonyl (C=O) groups is 1. The fourth-order valence-electron chi connectivity index (χ4n) is 1.58. The van der Waals surface area contributed by atoms with Crippen molar-refractivity contribution in [2.24, 2.45) is 5.92 Å². The highest BCUT2D eigenvalue weighted by molar-refractivity contribution is 5.37. The molecule has 0 aliphatic carbocycles. The third-order valence-electron chi connectivity index (χ3n) is 2.52. The lowest BCUT2D eigenvalue weighted by atomic mass is 9.94. The zero-order valence-electron chi connectivity index (χ0n) is 11.2. The number of hydrogen-bond acceptors (Lipinski definition) is 4. The van der Waals surface area contributed by atoms with E-state index in [0.29, 0.717) is 6.47 Å². The summed E-state index contributed by atoms with van der Waals surface area (Å²) in [7, 11) is 0. The largest absolute Gasteiger partial charge is 0.462 e. The predicted molar refractivity (Wildman–Crippen MR) is 67.3 cm³/mol. The lowest BCUT2D eigenvalue weighted by Gasteiger charge is -2.21. The summed E-state index contributed by atoms with van der Waals surface area (Å²) in [6, 6.07) is 2.19. The van der Waals surface area contributed by atoms with Crippen molar-refractivity contribution in [2.75, 3.05) is 13.1 Å². The molecule has 0 aromatic rings. The van der Waals surface area contributed by atoms with E-state index >= 15 is 0 Å². The molecule has 1 N–H and O–H groups in total. The van der Waals surface area contributed by atoms with Crippen molar-refractivity contribution >= 4 is 6.47 Å². The van der Waals surface area contributed by atoms with Crippen LogP contribution >= 0.6 is 0 Å². The summed E-state index contributed by atoms with van der Waals surface area (Å²) in [6.07, 6.45) is 4.38. The van der Waals surface area contributed by atoms with Gasteiger partial charge in [0.15, 0.2) is 0 Å². The van der Waals surface area contributed by atoms with Crippen LogP contribution in [0.1, 0.15) is 46.5 Å². The van der Waals surface area contributed by atoms with E-state index in [0.717, 1.165) is 31.8 Å². The highest BCUT2D eigenvalue weighted by atomic mass is 16.5. The molecule has 0 bridgehead atoms. The summed E-state index contributed by atoms with van der Waals surface area (Å²) >= 11 is 0. The first-order valence-electron chi connectivity index (χ1n) is 6.18. The molecule has 0 radical (unpaired) electrons. The molecule has 0 atom stereocenters. The Balaban J connectivity index is 0.000000325. The van der Waals surface area contributed by atoms with Gasteiger partial charge in [-0.25, -0.2) is 0 Å². The molecule has 1 rings (SSSR count). The first-order chi connectivity index (χ1) is 7.99. The van der Waals surface area contributed by atoms with Gasteiger partial charge >= 0.3 is 0 Å². The Morgan fingerprint density at radius 3 is 2.35 bits per heavy atom. The molecule has 0 unspecified atom stereocenters. The van der Waals surface area contributed by atoms with Crippen LogP contribution < -0.4 is 5.32 Å². The Morgan fingerprint density at radius 2 is 2.00 bits per heavy atom. The predicted octanol–water partition coefficient (Wildman–Crippen LogP) is 2.25. The molecular formula is C13H24N2O2. The monoisotopic (exact) mass is 240 g/mol. The quantitative estimate of drug-likeness (QED) is 0.768. The number of ether oxygens (including phenoxy) is 1. The average Bonchev–Trinajstić information content (AvgIpc) is 2.27. The van der Waals surface area contributed by atoms with Crippen molar-refractivity contribution in [3.63, 3.8) is 0 Å². The van der Waals surface area contributed by atoms with Crippen molar-refractivity contribution in [1.82, 2.24) is 5.32 Å². The molecule has 1 aliphatic heterocycles. The summed E-state index contributed by atoms with van der Waals surface area (Å²) < 4.78 is 4.55. The van der Waals surface area contributed by atoms with E-state index in [2.05, 4.69) is 16.1 Å². The maximum atomic E-state index is 9.60. The van der Waals surface area contributed by atoms with Gasteiger partial charge in [0.1, 0.15) is 5.60 Å². The van der Waals surface area contributed by atoms with Crippen molar-refractivity contribution in [1.29, 1.82) is 5.26 Å². The number of nitriles is 1. The van der Waals surface area contributed by atoms with Crippen LogP contribution in [0.5, 0.6) is 0 Å². The van der Waals surface area contributed by atoms with E-state index in [9.17, 15) is 4.79 Å². The fourth-order valence-corrected chi connectivity index (χ4v) is 1.58. The topological polar surface area (TPSA) is 62.1 Å². The molecule has 0 spiro atoms. The van der Waals surface area contributed by atoms with Crippen LogP contribution in [0, 0.1) is 17.2 Å². The van der Waals surface area contributed by atoms with Gasteiger partial charge in [-0.15, -0.1) is 0 Å². The summed E-state index contributed by atoms with van der Waals surface area (Å²) in [6.45, 7) is 8.22. The van der Waals surface area contributed by atoms with Crippen LogP contribution in [0.2, 0.25) is 0 Å². The lowest BCUT2D eigenvalue weighted by Crippen LogP contribution is -2.27. The van der Waals surface area contributed by atoms with E-state index in [-0.39, 0.29) is 5.60 Å². The molecule has 98 valence electrons. The van der Waals surface area contributed by atoms with Crippen LogP contribution in [0.3, 0.4) is 0 Å². The number of rotatable bonds is 3. The van der Waals surface area contributed by atoms with Crippen LogP contribution in [0.15, 0.2) is 0 Å². The second-order valence-corrected chi connectivity index (χ2v) is 5.22. The smallest absolute Gasteiger partial charge is 0.293 e. The number of carbonyl (C=O) groups excluding carboxylic acids is 1. The van der Waals surface area contributed by atoms with Gasteiger partial charge in [-0.1, -0.05) is 0 Å². The maximum absolute atomic E-state index is 9.60. The molecule has 1 heterocycles. The van der Waals surface area contributed by atoms with E-state index < -0.39 is 0 Å². The van der Waals surface area contributed by atoms with Crippen molar-refractivity contribution in [3.8, 4) is 6.07 Å². The van der Waals surface area contributed by atoms with Crippen LogP contribution in [-0.2, 0) is 9.53 Å². The van der Waals surface area contributed by atoms with Gasteiger partial charge in [0, 0.05) is 6.42 Å². The molecule has 0 amide bonds. The molecule has 4 heteroatoms. The maximum Gasteiger partial charge on any atom is 0.293 e. The van der Waals surface area contributed by atoms with Crippen molar-refractivity contribution in [2.45, 2.75) is 52.1 Å². The molecular weight excluding hydrogens is 216 g/mol. The molecule has 1 fully saturated rings. The van der Waals surface area contributed by atoms with Gasteiger partial charge in [-0.2, -0.15) is 5.26 Å². The fraction of sp³-hybridized carbons (Fsp3) is 0.846. The summed E-state index contributed by atoms with van der Waals surface area (Å²) in [5, 5.41) is 11.6. The molecule has 0 saturated carbocycles. The highest BCUT2D eigenvalue weighted by Gasteiger charge is 2.11. The second-order valence-electron chi connectivity index (χ2n) is 5.22. The van der Waals surface area contributed by atoms with Gasteiger partial charge in [0.2, 0.25) is 0 Å². The van der Waals surface area contributed by atoms with Gasteiger partial charge in [-0.05, 0) is 59.0 Å². The van der Waals surface area contributed by atoms with E-state index in [1.54, 1.807) is 0 Å². The van der Waals surface area contributed by atoms with Gasteiger partial charge in [0.25, 0.3) is 6.47 Å². The van der Waals surface area contributed by atoms with Gasteiger partial charge < -0.3 is 10.1 Å². The van der Waals surface area contributed by atoms with E-state index in [1.807, 2.05) is 20.8 Å². The Bertz CT molecular complexity index is 235. The molecule has 1 saturated heterocycles. The summed E-state index contributed by atoms with van der Waals surface area (Å²) in [4.78, 5) is 9.60. The number of hydrogen-bond donors (Lipinski definition) is 1. The standard InChI is InChI=1S/C8H14N2.C5H10O2/c9-5-1-2-8-3-6-10-7-4-8;1-5(2,3)7-4-6/h8,10H,1-4,6-7H2;4H,1-3H3. The minimum atomic E-state index is -0.318. The zero-order valence-corrected chi connectivity index (χ0v) is 11.2. The minimum Gasteiger partial charge on any atom is -0.462 e. The number of nitrogens with one attached hydrogen (secondary N) is 1. The SMILES string of the molecule is CC(C)(C)OC=O.N#CCCC1CCNCC1. The third kappa shape index (κ3) is 11.2. The number of nitrogens with zero attached hydrogens (tertiary/aromatic N) is 1.